The fraction of sp³-hybridized carbons (Fsp3) is 0.357. The minimum atomic E-state index is -0.310. The van der Waals surface area contributed by atoms with Gasteiger partial charge in [-0.05, 0) is 29.9 Å². The van der Waals surface area contributed by atoms with E-state index in [0.717, 1.165) is 23.4 Å². The second-order valence-electron chi connectivity index (χ2n) is 4.88. The average Bonchev–Trinajstić information content (AvgIpc) is 3.14. The molecule has 2 N–H and O–H groups in total. The van der Waals surface area contributed by atoms with Crippen molar-refractivity contribution in [2.45, 2.75) is 25.5 Å². The van der Waals surface area contributed by atoms with Gasteiger partial charge in [-0.25, -0.2) is 9.78 Å². The molecule has 110 valence electrons. The van der Waals surface area contributed by atoms with E-state index in [1.165, 1.54) is 11.5 Å². The molecule has 1 fully saturated rings. The third-order valence-electron chi connectivity index (χ3n) is 3.43. The molecule has 2 heterocycles. The quantitative estimate of drug-likeness (QED) is 0.942. The Balaban J connectivity index is 1.63. The van der Waals surface area contributed by atoms with Crippen LogP contribution in [0.25, 0.3) is 0 Å². The molecule has 21 heavy (non-hydrogen) atoms. The van der Waals surface area contributed by atoms with Crippen LogP contribution >= 0.6 is 11.5 Å². The molecular weight excluding hydrogens is 288 g/mol. The van der Waals surface area contributed by atoms with E-state index in [4.69, 9.17) is 10.5 Å². The number of ether oxygens (including phenoxy) is 1. The van der Waals surface area contributed by atoms with Crippen LogP contribution in [0.1, 0.15) is 29.5 Å². The first kappa shape index (κ1) is 13.8. The summed E-state index contributed by atoms with van der Waals surface area (Å²) in [5.74, 6) is 0.263. The maximum absolute atomic E-state index is 12.2. The highest BCUT2D eigenvalue weighted by atomic mass is 32.1. The topological polar surface area (TPSA) is 81.3 Å². The van der Waals surface area contributed by atoms with Gasteiger partial charge < -0.3 is 10.5 Å². The van der Waals surface area contributed by atoms with E-state index in [0.29, 0.717) is 6.54 Å². The maximum atomic E-state index is 12.2. The minimum Gasteiger partial charge on any atom is -0.445 e. The summed E-state index contributed by atoms with van der Waals surface area (Å²) < 4.78 is 9.36. The van der Waals surface area contributed by atoms with Crippen LogP contribution in [-0.2, 0) is 11.3 Å². The van der Waals surface area contributed by atoms with E-state index in [-0.39, 0.29) is 24.7 Å². The molecule has 0 aliphatic carbocycles. The van der Waals surface area contributed by atoms with Gasteiger partial charge in [-0.3, -0.25) is 4.90 Å². The number of nitrogens with two attached hydrogens (primary N) is 1. The normalized spacial score (nSPS) is 17.9. The van der Waals surface area contributed by atoms with Crippen molar-refractivity contribution in [2.75, 3.05) is 12.3 Å². The first-order chi connectivity index (χ1) is 10.2. The highest BCUT2D eigenvalue weighted by Gasteiger charge is 2.33. The van der Waals surface area contributed by atoms with Crippen LogP contribution in [0.15, 0.2) is 30.3 Å². The molecule has 2 aromatic rings. The highest BCUT2D eigenvalue weighted by Crippen LogP contribution is 2.33. The van der Waals surface area contributed by atoms with Crippen LogP contribution in [0.4, 0.5) is 10.7 Å². The molecule has 1 aliphatic rings. The summed E-state index contributed by atoms with van der Waals surface area (Å²) in [5, 5.41) is 0.779. The number of hydrogen-bond acceptors (Lipinski definition) is 6. The van der Waals surface area contributed by atoms with E-state index < -0.39 is 0 Å². The molecule has 0 bridgehead atoms. The number of carbonyl (C=O) groups excluding carboxylic acids is 1. The van der Waals surface area contributed by atoms with E-state index in [2.05, 4.69) is 9.36 Å². The number of nitrogens with zero attached hydrogens (tertiary/aromatic N) is 3. The lowest BCUT2D eigenvalue weighted by molar-refractivity contribution is 0.0920. The minimum absolute atomic E-state index is 0.0666. The monoisotopic (exact) mass is 304 g/mol. The fourth-order valence-corrected chi connectivity index (χ4v) is 3.16. The van der Waals surface area contributed by atoms with Crippen LogP contribution < -0.4 is 5.73 Å². The van der Waals surface area contributed by atoms with Crippen molar-refractivity contribution in [1.82, 2.24) is 14.3 Å². The van der Waals surface area contributed by atoms with Gasteiger partial charge in [-0.1, -0.05) is 30.3 Å². The van der Waals surface area contributed by atoms with E-state index in [9.17, 15) is 4.79 Å². The Hall–Kier alpha value is -2.15. The summed E-state index contributed by atoms with van der Waals surface area (Å²) in [4.78, 5) is 18.1. The number of rotatable bonds is 3. The SMILES string of the molecule is Nc1nsc([C@H]2CCCN2C(=O)OCc2ccccc2)n1. The molecule has 1 aromatic heterocycles. The lowest BCUT2D eigenvalue weighted by atomic mass is 10.2. The number of aromatic nitrogens is 2. The molecule has 0 spiro atoms. The zero-order valence-electron chi connectivity index (χ0n) is 11.4. The fourth-order valence-electron chi connectivity index (χ4n) is 2.43. The number of amides is 1. The molecule has 1 aliphatic heterocycles. The molecule has 1 amide bonds. The van der Waals surface area contributed by atoms with Crippen LogP contribution in [0, 0.1) is 0 Å². The van der Waals surface area contributed by atoms with Crippen molar-refractivity contribution in [3.8, 4) is 0 Å². The second-order valence-corrected chi connectivity index (χ2v) is 5.67. The van der Waals surface area contributed by atoms with Crippen LogP contribution in [0.2, 0.25) is 0 Å². The molecule has 7 heteroatoms. The lowest BCUT2D eigenvalue weighted by Gasteiger charge is -2.22. The Morgan fingerprint density at radius 3 is 2.95 bits per heavy atom. The standard InChI is InChI=1S/C14H16N4O2S/c15-13-16-12(21-17-13)11-7-4-8-18(11)14(19)20-9-10-5-2-1-3-6-10/h1-3,5-6,11H,4,7-9H2,(H2,15,17)/t11-/m1/s1. The summed E-state index contributed by atoms with van der Waals surface area (Å²) >= 11 is 1.25. The molecule has 0 saturated carbocycles. The van der Waals surface area contributed by atoms with Gasteiger partial charge in [0.2, 0.25) is 5.95 Å². The van der Waals surface area contributed by atoms with Crippen LogP contribution in [0.3, 0.4) is 0 Å². The molecule has 0 unspecified atom stereocenters. The largest absolute Gasteiger partial charge is 0.445 e. The molecule has 1 saturated heterocycles. The smallest absolute Gasteiger partial charge is 0.410 e. The van der Waals surface area contributed by atoms with E-state index in [1.54, 1.807) is 4.90 Å². The molecule has 1 atom stereocenters. The van der Waals surface area contributed by atoms with Crippen molar-refractivity contribution in [3.05, 3.63) is 40.9 Å². The van der Waals surface area contributed by atoms with Gasteiger partial charge >= 0.3 is 6.09 Å². The Bertz CT molecular complexity index is 616. The van der Waals surface area contributed by atoms with Gasteiger partial charge in [0.1, 0.15) is 11.6 Å². The van der Waals surface area contributed by atoms with Crippen molar-refractivity contribution in [3.63, 3.8) is 0 Å². The summed E-state index contributed by atoms with van der Waals surface area (Å²) in [6, 6.07) is 9.57. The molecule has 3 rings (SSSR count). The Morgan fingerprint density at radius 2 is 2.24 bits per heavy atom. The van der Waals surface area contributed by atoms with Crippen LogP contribution in [0.5, 0.6) is 0 Å². The molecule has 6 nitrogen and oxygen atoms in total. The predicted molar refractivity (Wildman–Crippen MR) is 79.6 cm³/mol. The first-order valence-corrected chi connectivity index (χ1v) is 7.58. The van der Waals surface area contributed by atoms with Crippen molar-refractivity contribution in [2.24, 2.45) is 0 Å². The van der Waals surface area contributed by atoms with Gasteiger partial charge in [-0.2, -0.15) is 4.37 Å². The highest BCUT2D eigenvalue weighted by molar-refractivity contribution is 7.05. The zero-order valence-corrected chi connectivity index (χ0v) is 12.3. The molecule has 0 radical (unpaired) electrons. The number of likely N-dealkylation sites (tertiary alicyclic amines) is 1. The van der Waals surface area contributed by atoms with Gasteiger partial charge in [0.15, 0.2) is 0 Å². The van der Waals surface area contributed by atoms with E-state index in [1.807, 2.05) is 30.3 Å². The molecule has 1 aromatic carbocycles. The number of hydrogen-bond donors (Lipinski definition) is 1. The van der Waals surface area contributed by atoms with Crippen LogP contribution in [-0.4, -0.2) is 26.9 Å². The zero-order chi connectivity index (χ0) is 14.7. The predicted octanol–water partition coefficient (Wildman–Crippen LogP) is 2.59. The number of nitrogen functional groups attached to an aromatic ring is 1. The number of benzene rings is 1. The Labute approximate surface area is 126 Å². The van der Waals surface area contributed by atoms with Gasteiger partial charge in [0.05, 0.1) is 6.04 Å². The lowest BCUT2D eigenvalue weighted by Crippen LogP contribution is -2.31. The molecular formula is C14H16N4O2S. The summed E-state index contributed by atoms with van der Waals surface area (Å²) in [5.41, 5.74) is 6.53. The maximum Gasteiger partial charge on any atom is 0.410 e. The average molecular weight is 304 g/mol. The van der Waals surface area contributed by atoms with E-state index >= 15 is 0 Å². The van der Waals surface area contributed by atoms with Gasteiger partial charge in [0, 0.05) is 6.54 Å². The van der Waals surface area contributed by atoms with Gasteiger partial charge in [0.25, 0.3) is 0 Å². The third-order valence-corrected chi connectivity index (χ3v) is 4.26. The second kappa shape index (κ2) is 6.09. The summed E-state index contributed by atoms with van der Waals surface area (Å²) in [6.45, 7) is 0.957. The van der Waals surface area contributed by atoms with Crippen molar-refractivity contribution >= 4 is 23.6 Å². The Morgan fingerprint density at radius 1 is 1.43 bits per heavy atom. The third kappa shape index (κ3) is 3.13. The Kier molecular flexibility index (Phi) is 4.01. The first-order valence-electron chi connectivity index (χ1n) is 6.80. The summed E-state index contributed by atoms with van der Waals surface area (Å²) in [7, 11) is 0. The van der Waals surface area contributed by atoms with Gasteiger partial charge in [-0.15, -0.1) is 0 Å². The van der Waals surface area contributed by atoms with Crippen molar-refractivity contribution in [1.29, 1.82) is 0 Å². The number of anilines is 1. The van der Waals surface area contributed by atoms with Crippen molar-refractivity contribution < 1.29 is 9.53 Å². The number of carbonyl (C=O) groups is 1. The summed E-state index contributed by atoms with van der Waals surface area (Å²) in [6.07, 6.45) is 1.50.